The van der Waals surface area contributed by atoms with Gasteiger partial charge in [-0.2, -0.15) is 0 Å². The highest BCUT2D eigenvalue weighted by molar-refractivity contribution is 14.0. The zero-order chi connectivity index (χ0) is 19.1. The second-order valence-corrected chi connectivity index (χ2v) is 7.86. The molecule has 0 fully saturated rings. The molecule has 0 saturated carbocycles. The van der Waals surface area contributed by atoms with Gasteiger partial charge in [0.2, 0.25) is 0 Å². The zero-order valence-corrected chi connectivity index (χ0v) is 20.3. The number of hydrogen-bond acceptors (Lipinski definition) is 4. The molecule has 0 saturated heterocycles. The van der Waals surface area contributed by atoms with E-state index in [1.807, 2.05) is 6.92 Å². The largest absolute Gasteiger partial charge is 0.357 e. The third-order valence-electron chi connectivity index (χ3n) is 4.26. The number of guanidine groups is 1. The highest BCUT2D eigenvalue weighted by Crippen LogP contribution is 2.19. The standard InChI is InChI=1S/C20H31N5S.HI/c1-7-21-20(25(6)13-18-14-26-16(3)23-18)22-12-19(24(4)5)17-10-8-15(2)9-11-17;/h8-11,14,19H,7,12-13H2,1-6H3,(H,21,22);1H. The van der Waals surface area contributed by atoms with Crippen molar-refractivity contribution in [2.75, 3.05) is 34.2 Å². The molecule has 1 aromatic heterocycles. The smallest absolute Gasteiger partial charge is 0.194 e. The fraction of sp³-hybridized carbons (Fsp3) is 0.500. The minimum absolute atomic E-state index is 0. The van der Waals surface area contributed by atoms with E-state index in [0.29, 0.717) is 6.54 Å². The lowest BCUT2D eigenvalue weighted by molar-refractivity contribution is 0.305. The molecular weight excluding hydrogens is 469 g/mol. The summed E-state index contributed by atoms with van der Waals surface area (Å²) < 4.78 is 0. The van der Waals surface area contributed by atoms with Crippen molar-refractivity contribution in [3.63, 3.8) is 0 Å². The molecule has 1 aromatic carbocycles. The van der Waals surface area contributed by atoms with Gasteiger partial charge in [-0.3, -0.25) is 4.99 Å². The first kappa shape index (κ1) is 23.8. The number of aliphatic imine (C=N–C) groups is 1. The van der Waals surface area contributed by atoms with Gasteiger partial charge in [0.1, 0.15) is 0 Å². The van der Waals surface area contributed by atoms with Gasteiger partial charge >= 0.3 is 0 Å². The van der Waals surface area contributed by atoms with Gasteiger partial charge in [0.15, 0.2) is 5.96 Å². The zero-order valence-electron chi connectivity index (χ0n) is 17.2. The first-order chi connectivity index (χ1) is 12.4. The Labute approximate surface area is 184 Å². The lowest BCUT2D eigenvalue weighted by Crippen LogP contribution is -2.39. The van der Waals surface area contributed by atoms with Crippen LogP contribution in [0.15, 0.2) is 34.6 Å². The van der Waals surface area contributed by atoms with Gasteiger partial charge in [-0.1, -0.05) is 29.8 Å². The van der Waals surface area contributed by atoms with E-state index in [2.05, 4.69) is 84.7 Å². The van der Waals surface area contributed by atoms with Crippen LogP contribution in [0.25, 0.3) is 0 Å². The van der Waals surface area contributed by atoms with Crippen molar-refractivity contribution >= 4 is 41.3 Å². The van der Waals surface area contributed by atoms with Gasteiger partial charge in [-0.05, 0) is 40.4 Å². The molecule has 0 radical (unpaired) electrons. The van der Waals surface area contributed by atoms with Gasteiger partial charge in [-0.15, -0.1) is 35.3 Å². The molecule has 5 nitrogen and oxygen atoms in total. The predicted molar refractivity (Wildman–Crippen MR) is 127 cm³/mol. The highest BCUT2D eigenvalue weighted by atomic mass is 127. The van der Waals surface area contributed by atoms with Crippen LogP contribution in [0.2, 0.25) is 0 Å². The van der Waals surface area contributed by atoms with E-state index in [-0.39, 0.29) is 30.0 Å². The Morgan fingerprint density at radius 3 is 2.37 bits per heavy atom. The second-order valence-electron chi connectivity index (χ2n) is 6.80. The third-order valence-corrected chi connectivity index (χ3v) is 5.08. The monoisotopic (exact) mass is 501 g/mol. The van der Waals surface area contributed by atoms with Crippen LogP contribution in [0.1, 0.15) is 34.8 Å². The number of benzene rings is 1. The number of aromatic nitrogens is 1. The summed E-state index contributed by atoms with van der Waals surface area (Å²) in [4.78, 5) is 13.8. The molecule has 0 amide bonds. The normalized spacial score (nSPS) is 12.6. The molecule has 0 aliphatic heterocycles. The molecule has 0 aliphatic carbocycles. The average molecular weight is 501 g/mol. The fourth-order valence-corrected chi connectivity index (χ4v) is 3.40. The second kappa shape index (κ2) is 11.6. The van der Waals surface area contributed by atoms with E-state index in [1.165, 1.54) is 11.1 Å². The molecule has 0 spiro atoms. The quantitative estimate of drug-likeness (QED) is 0.353. The van der Waals surface area contributed by atoms with E-state index in [0.717, 1.165) is 29.8 Å². The maximum atomic E-state index is 4.90. The van der Waals surface area contributed by atoms with Crippen LogP contribution in [0.5, 0.6) is 0 Å². The van der Waals surface area contributed by atoms with Crippen molar-refractivity contribution in [1.82, 2.24) is 20.1 Å². The maximum absolute atomic E-state index is 4.90. The molecule has 7 heteroatoms. The Hall–Kier alpha value is -1.19. The molecule has 27 heavy (non-hydrogen) atoms. The van der Waals surface area contributed by atoms with Crippen LogP contribution >= 0.6 is 35.3 Å². The van der Waals surface area contributed by atoms with Crippen LogP contribution in [-0.2, 0) is 6.54 Å². The maximum Gasteiger partial charge on any atom is 0.194 e. The molecule has 2 aromatic rings. The van der Waals surface area contributed by atoms with Crippen molar-refractivity contribution in [3.8, 4) is 0 Å². The van der Waals surface area contributed by atoms with Crippen molar-refractivity contribution in [3.05, 3.63) is 51.5 Å². The number of aryl methyl sites for hydroxylation is 2. The summed E-state index contributed by atoms with van der Waals surface area (Å²) >= 11 is 1.69. The van der Waals surface area contributed by atoms with Crippen LogP contribution in [0.4, 0.5) is 0 Å². The molecule has 0 aliphatic rings. The number of halogens is 1. The number of hydrogen-bond donors (Lipinski definition) is 1. The molecule has 1 unspecified atom stereocenters. The van der Waals surface area contributed by atoms with Gasteiger partial charge in [0.25, 0.3) is 0 Å². The van der Waals surface area contributed by atoms with E-state index < -0.39 is 0 Å². The van der Waals surface area contributed by atoms with Gasteiger partial charge in [-0.25, -0.2) is 4.98 Å². The number of nitrogens with one attached hydrogen (secondary N) is 1. The molecule has 1 N–H and O–H groups in total. The van der Waals surface area contributed by atoms with Crippen molar-refractivity contribution in [2.24, 2.45) is 4.99 Å². The number of nitrogens with zero attached hydrogens (tertiary/aromatic N) is 4. The molecular formula is C20H32IN5S. The third kappa shape index (κ3) is 7.38. The summed E-state index contributed by atoms with van der Waals surface area (Å²) in [5.74, 6) is 0.914. The molecule has 150 valence electrons. The van der Waals surface area contributed by atoms with Crippen LogP contribution in [0.3, 0.4) is 0 Å². The van der Waals surface area contributed by atoms with Gasteiger partial charge in [0, 0.05) is 19.0 Å². The van der Waals surface area contributed by atoms with Gasteiger partial charge in [0.05, 0.1) is 29.8 Å². The van der Waals surface area contributed by atoms with Crippen molar-refractivity contribution in [1.29, 1.82) is 0 Å². The fourth-order valence-electron chi connectivity index (χ4n) is 2.80. The lowest BCUT2D eigenvalue weighted by Gasteiger charge is -2.26. The summed E-state index contributed by atoms with van der Waals surface area (Å²) in [6.07, 6.45) is 0. The van der Waals surface area contributed by atoms with Crippen molar-refractivity contribution < 1.29 is 0 Å². The topological polar surface area (TPSA) is 43.8 Å². The van der Waals surface area contributed by atoms with E-state index >= 15 is 0 Å². The van der Waals surface area contributed by atoms with Gasteiger partial charge < -0.3 is 15.1 Å². The number of thiazole rings is 1. The van der Waals surface area contributed by atoms with Crippen LogP contribution < -0.4 is 5.32 Å². The first-order valence-electron chi connectivity index (χ1n) is 9.04. The van der Waals surface area contributed by atoms with Crippen LogP contribution in [0, 0.1) is 13.8 Å². The number of likely N-dealkylation sites (N-methyl/N-ethyl adjacent to an activating group) is 1. The van der Waals surface area contributed by atoms with Crippen LogP contribution in [-0.4, -0.2) is 55.0 Å². The van der Waals surface area contributed by atoms with E-state index in [1.54, 1.807) is 11.3 Å². The minimum Gasteiger partial charge on any atom is -0.357 e. The first-order valence-corrected chi connectivity index (χ1v) is 9.92. The highest BCUT2D eigenvalue weighted by Gasteiger charge is 2.15. The summed E-state index contributed by atoms with van der Waals surface area (Å²) in [7, 11) is 6.27. The molecule has 0 bridgehead atoms. The predicted octanol–water partition coefficient (Wildman–Crippen LogP) is 4.08. The molecule has 1 heterocycles. The molecule has 2 rings (SSSR count). The Balaban J connectivity index is 0.00000364. The summed E-state index contributed by atoms with van der Waals surface area (Å²) in [5, 5.41) is 6.61. The van der Waals surface area contributed by atoms with Crippen molar-refractivity contribution in [2.45, 2.75) is 33.4 Å². The lowest BCUT2D eigenvalue weighted by atomic mass is 10.0. The van der Waals surface area contributed by atoms with E-state index in [4.69, 9.17) is 4.99 Å². The van der Waals surface area contributed by atoms with E-state index in [9.17, 15) is 0 Å². The summed E-state index contributed by atoms with van der Waals surface area (Å²) in [6.45, 7) is 8.56. The Kier molecular flexibility index (Phi) is 10.3. The Morgan fingerprint density at radius 1 is 1.19 bits per heavy atom. The summed E-state index contributed by atoms with van der Waals surface area (Å²) in [6, 6.07) is 8.97. The average Bonchev–Trinajstić information content (AvgIpc) is 3.00. The number of rotatable bonds is 7. The Morgan fingerprint density at radius 2 is 1.85 bits per heavy atom. The summed E-state index contributed by atoms with van der Waals surface area (Å²) in [5.41, 5.74) is 3.66. The molecule has 1 atom stereocenters. The Bertz CT molecular complexity index is 711. The SMILES string of the molecule is CCNC(=NCC(c1ccc(C)cc1)N(C)C)N(C)Cc1csc(C)n1.I. The minimum atomic E-state index is 0.